The number of phenols is 1. The second kappa shape index (κ2) is 6.04. The number of allylic oxidation sites excluding steroid dienone is 1. The number of hydrogen-bond donors (Lipinski definition) is 1. The lowest BCUT2D eigenvalue weighted by Crippen LogP contribution is -2.03. The molecule has 0 atom stereocenters. The van der Waals surface area contributed by atoms with Crippen molar-refractivity contribution in [2.75, 3.05) is 0 Å². The Morgan fingerprint density at radius 1 is 1.14 bits per heavy atom. The Labute approximate surface area is 129 Å². The minimum atomic E-state index is -3.85. The Kier molecular flexibility index (Phi) is 4.34. The second-order valence-corrected chi connectivity index (χ2v) is 6.86. The van der Waals surface area contributed by atoms with Crippen LogP contribution in [0.15, 0.2) is 52.3 Å². The zero-order chi connectivity index (χ0) is 16.3. The van der Waals surface area contributed by atoms with E-state index in [0.29, 0.717) is 16.7 Å². The van der Waals surface area contributed by atoms with Crippen LogP contribution >= 0.6 is 0 Å². The molecule has 0 saturated heterocycles. The van der Waals surface area contributed by atoms with Gasteiger partial charge in [0.05, 0.1) is 4.90 Å². The molecule has 0 unspecified atom stereocenters. The highest BCUT2D eigenvalue weighted by atomic mass is 32.2. The van der Waals surface area contributed by atoms with Gasteiger partial charge in [-0.2, -0.15) is 5.26 Å². The van der Waals surface area contributed by atoms with Gasteiger partial charge >= 0.3 is 0 Å². The van der Waals surface area contributed by atoms with E-state index in [1.165, 1.54) is 18.2 Å². The number of hydrogen-bond acceptors (Lipinski definition) is 4. The Hall–Kier alpha value is -2.58. The molecule has 0 aliphatic carbocycles. The van der Waals surface area contributed by atoms with Gasteiger partial charge in [0.1, 0.15) is 16.7 Å². The van der Waals surface area contributed by atoms with E-state index in [9.17, 15) is 18.8 Å². The molecule has 112 valence electrons. The zero-order valence-corrected chi connectivity index (χ0v) is 13.1. The number of nitriles is 1. The summed E-state index contributed by atoms with van der Waals surface area (Å²) in [5.41, 5.74) is 1.81. The van der Waals surface area contributed by atoms with Crippen LogP contribution in [-0.2, 0) is 9.84 Å². The fourth-order valence-corrected chi connectivity index (χ4v) is 3.30. The van der Waals surface area contributed by atoms with Crippen LogP contribution < -0.4 is 0 Å². The van der Waals surface area contributed by atoms with Crippen LogP contribution in [0.1, 0.15) is 16.7 Å². The van der Waals surface area contributed by atoms with Crippen molar-refractivity contribution >= 4 is 15.9 Å². The minimum absolute atomic E-state index is 0.0787. The quantitative estimate of drug-likeness (QED) is 0.881. The standard InChI is InChI=1S/C17H15NO3S/c1-12-8-14(9-13(2)17(12)19)10-16(11-18)22(20,21)15-6-4-3-5-7-15/h3-10,19H,1-2H3/b16-10+. The molecule has 0 spiro atoms. The smallest absolute Gasteiger partial charge is 0.216 e. The van der Waals surface area contributed by atoms with Gasteiger partial charge in [-0.3, -0.25) is 0 Å². The van der Waals surface area contributed by atoms with Crippen molar-refractivity contribution in [2.24, 2.45) is 0 Å². The van der Waals surface area contributed by atoms with Gasteiger partial charge in [-0.25, -0.2) is 8.42 Å². The maximum atomic E-state index is 12.5. The van der Waals surface area contributed by atoms with E-state index in [1.54, 1.807) is 50.2 Å². The molecule has 0 aromatic heterocycles. The molecule has 0 aliphatic rings. The van der Waals surface area contributed by atoms with Crippen molar-refractivity contribution < 1.29 is 13.5 Å². The van der Waals surface area contributed by atoms with Crippen LogP contribution in [0.2, 0.25) is 0 Å². The first kappa shape index (κ1) is 15.8. The Morgan fingerprint density at radius 2 is 1.68 bits per heavy atom. The summed E-state index contributed by atoms with van der Waals surface area (Å²) in [6, 6.07) is 12.9. The number of sulfone groups is 1. The largest absolute Gasteiger partial charge is 0.507 e. The zero-order valence-electron chi connectivity index (χ0n) is 12.2. The van der Waals surface area contributed by atoms with Crippen molar-refractivity contribution in [3.05, 3.63) is 64.1 Å². The van der Waals surface area contributed by atoms with E-state index in [1.807, 2.05) is 0 Å². The molecule has 22 heavy (non-hydrogen) atoms. The molecule has 0 aliphatic heterocycles. The first-order valence-corrected chi connectivity index (χ1v) is 8.06. The summed E-state index contributed by atoms with van der Waals surface area (Å²) in [5, 5.41) is 19.0. The highest BCUT2D eigenvalue weighted by molar-refractivity contribution is 7.95. The van der Waals surface area contributed by atoms with Gasteiger partial charge in [0, 0.05) is 0 Å². The average molecular weight is 313 g/mol. The van der Waals surface area contributed by atoms with Crippen molar-refractivity contribution in [3.63, 3.8) is 0 Å². The number of aromatic hydroxyl groups is 1. The summed E-state index contributed by atoms with van der Waals surface area (Å²) in [6.45, 7) is 3.44. The third-order valence-electron chi connectivity index (χ3n) is 3.26. The number of rotatable bonds is 3. The Balaban J connectivity index is 2.56. The molecule has 0 saturated carbocycles. The summed E-state index contributed by atoms with van der Waals surface area (Å²) >= 11 is 0. The topological polar surface area (TPSA) is 78.2 Å². The molecule has 0 heterocycles. The van der Waals surface area contributed by atoms with Crippen LogP contribution in [0.25, 0.3) is 6.08 Å². The number of aryl methyl sites for hydroxylation is 2. The van der Waals surface area contributed by atoms with Crippen molar-refractivity contribution in [2.45, 2.75) is 18.7 Å². The van der Waals surface area contributed by atoms with Gasteiger partial charge in [-0.15, -0.1) is 0 Å². The van der Waals surface area contributed by atoms with Crippen LogP contribution in [0.3, 0.4) is 0 Å². The average Bonchev–Trinajstić information content (AvgIpc) is 2.50. The maximum absolute atomic E-state index is 12.5. The van der Waals surface area contributed by atoms with E-state index in [-0.39, 0.29) is 15.6 Å². The minimum Gasteiger partial charge on any atom is -0.507 e. The normalized spacial score (nSPS) is 12.0. The molecule has 0 radical (unpaired) electrons. The van der Waals surface area contributed by atoms with E-state index in [0.717, 1.165) is 0 Å². The van der Waals surface area contributed by atoms with Crippen LogP contribution in [0.5, 0.6) is 5.75 Å². The van der Waals surface area contributed by atoms with Crippen molar-refractivity contribution in [3.8, 4) is 11.8 Å². The van der Waals surface area contributed by atoms with Gasteiger partial charge < -0.3 is 5.11 Å². The molecule has 0 bridgehead atoms. The lowest BCUT2D eigenvalue weighted by Gasteiger charge is -2.06. The number of benzene rings is 2. The molecular weight excluding hydrogens is 298 g/mol. The molecule has 0 amide bonds. The Morgan fingerprint density at radius 3 is 2.18 bits per heavy atom. The lowest BCUT2D eigenvalue weighted by molar-refractivity contribution is 0.467. The van der Waals surface area contributed by atoms with Crippen LogP contribution in [-0.4, -0.2) is 13.5 Å². The fourth-order valence-electron chi connectivity index (χ4n) is 2.12. The third kappa shape index (κ3) is 3.02. The van der Waals surface area contributed by atoms with E-state index >= 15 is 0 Å². The summed E-state index contributed by atoms with van der Waals surface area (Å²) < 4.78 is 24.9. The van der Waals surface area contributed by atoms with Gasteiger partial charge in [0.15, 0.2) is 0 Å². The summed E-state index contributed by atoms with van der Waals surface area (Å²) in [5.74, 6) is 0.168. The molecule has 2 aromatic rings. The SMILES string of the molecule is Cc1cc(/C=C(\C#N)S(=O)(=O)c2ccccc2)cc(C)c1O. The molecule has 1 N–H and O–H groups in total. The van der Waals surface area contributed by atoms with E-state index in [2.05, 4.69) is 0 Å². The predicted octanol–water partition coefficient (Wildman–Crippen LogP) is 3.35. The molecular formula is C17H15NO3S. The highest BCUT2D eigenvalue weighted by Crippen LogP contribution is 2.26. The van der Waals surface area contributed by atoms with E-state index < -0.39 is 9.84 Å². The highest BCUT2D eigenvalue weighted by Gasteiger charge is 2.20. The van der Waals surface area contributed by atoms with Crippen LogP contribution in [0, 0.1) is 25.2 Å². The summed E-state index contributed by atoms with van der Waals surface area (Å²) in [4.78, 5) is -0.252. The van der Waals surface area contributed by atoms with Crippen LogP contribution in [0.4, 0.5) is 0 Å². The van der Waals surface area contributed by atoms with Gasteiger partial charge in [-0.05, 0) is 60.9 Å². The van der Waals surface area contributed by atoms with Gasteiger partial charge in [0.2, 0.25) is 9.84 Å². The third-order valence-corrected chi connectivity index (χ3v) is 4.95. The second-order valence-electron chi connectivity index (χ2n) is 4.94. The molecule has 4 nitrogen and oxygen atoms in total. The van der Waals surface area contributed by atoms with Crippen molar-refractivity contribution in [1.82, 2.24) is 0 Å². The van der Waals surface area contributed by atoms with E-state index in [4.69, 9.17) is 0 Å². The number of nitrogens with zero attached hydrogens (tertiary/aromatic N) is 1. The lowest BCUT2D eigenvalue weighted by atomic mass is 10.1. The molecule has 5 heteroatoms. The monoisotopic (exact) mass is 313 g/mol. The summed E-state index contributed by atoms with van der Waals surface area (Å²) in [7, 11) is -3.85. The molecule has 2 aromatic carbocycles. The van der Waals surface area contributed by atoms with Gasteiger partial charge in [-0.1, -0.05) is 18.2 Å². The summed E-state index contributed by atoms with van der Waals surface area (Å²) in [6.07, 6.45) is 1.32. The fraction of sp³-hybridized carbons (Fsp3) is 0.118. The maximum Gasteiger partial charge on any atom is 0.216 e. The first-order valence-electron chi connectivity index (χ1n) is 6.58. The first-order chi connectivity index (χ1) is 10.4. The molecule has 0 fully saturated rings. The van der Waals surface area contributed by atoms with Crippen molar-refractivity contribution in [1.29, 1.82) is 5.26 Å². The van der Waals surface area contributed by atoms with Gasteiger partial charge in [0.25, 0.3) is 0 Å². The Bertz CT molecular complexity index is 853. The molecule has 2 rings (SSSR count). The predicted molar refractivity (Wildman–Crippen MR) is 84.8 cm³/mol. The number of phenolic OH excluding ortho intramolecular Hbond substituents is 1.